The molecule has 12 heavy (non-hydrogen) atoms. The van der Waals surface area contributed by atoms with Gasteiger partial charge in [-0.15, -0.1) is 0 Å². The zero-order valence-electron chi connectivity index (χ0n) is 6.32. The van der Waals surface area contributed by atoms with Crippen molar-refractivity contribution >= 4 is 17.3 Å². The molecule has 0 aliphatic carbocycles. The van der Waals surface area contributed by atoms with Crippen LogP contribution in [-0.2, 0) is 0 Å². The van der Waals surface area contributed by atoms with Crippen LogP contribution in [0.25, 0.3) is 0 Å². The number of hydrogen-bond donors (Lipinski definition) is 1. The van der Waals surface area contributed by atoms with Gasteiger partial charge in [-0.25, -0.2) is 0 Å². The van der Waals surface area contributed by atoms with Crippen LogP contribution in [0.3, 0.4) is 0 Å². The molecule has 1 aliphatic rings. The molecule has 0 aromatic rings. The molecule has 0 amide bonds. The van der Waals surface area contributed by atoms with Crippen molar-refractivity contribution < 1.29 is 13.2 Å². The molecule has 1 heterocycles. The normalized spacial score (nSPS) is 18.2. The van der Waals surface area contributed by atoms with Crippen molar-refractivity contribution in [3.63, 3.8) is 0 Å². The van der Waals surface area contributed by atoms with Crippen LogP contribution in [0.2, 0.25) is 0 Å². The molecule has 1 rings (SSSR count). The van der Waals surface area contributed by atoms with Crippen molar-refractivity contribution in [3.05, 3.63) is 0 Å². The maximum absolute atomic E-state index is 11.7. The van der Waals surface area contributed by atoms with Crippen molar-refractivity contribution in [2.24, 2.45) is 0 Å². The Bertz CT molecular complexity index is 180. The second kappa shape index (κ2) is 3.47. The van der Waals surface area contributed by atoms with Gasteiger partial charge >= 0.3 is 6.18 Å². The van der Waals surface area contributed by atoms with Gasteiger partial charge in [0.15, 0.2) is 5.11 Å². The number of nitrogens with one attached hydrogen (secondary N) is 1. The second-order valence-corrected chi connectivity index (χ2v) is 2.97. The first-order valence-electron chi connectivity index (χ1n) is 3.58. The van der Waals surface area contributed by atoms with Crippen molar-refractivity contribution in [1.29, 1.82) is 0 Å². The van der Waals surface area contributed by atoms with E-state index in [1.54, 1.807) is 0 Å². The third kappa shape index (κ3) is 2.84. The van der Waals surface area contributed by atoms with E-state index >= 15 is 0 Å². The molecule has 0 aromatic carbocycles. The summed E-state index contributed by atoms with van der Waals surface area (Å²) in [6, 6.07) is 0. The average Bonchev–Trinajstić information content (AvgIpc) is 2.29. The molecule has 0 spiro atoms. The summed E-state index contributed by atoms with van der Waals surface area (Å²) in [5.74, 6) is 0. The summed E-state index contributed by atoms with van der Waals surface area (Å²) in [6.07, 6.45) is -4.88. The highest BCUT2D eigenvalue weighted by atomic mass is 32.1. The lowest BCUT2D eigenvalue weighted by Crippen LogP contribution is -2.31. The summed E-state index contributed by atoms with van der Waals surface area (Å²) in [7, 11) is 0. The van der Waals surface area contributed by atoms with Crippen LogP contribution < -0.4 is 5.32 Å². The third-order valence-electron chi connectivity index (χ3n) is 1.61. The van der Waals surface area contributed by atoms with Gasteiger partial charge in [0.1, 0.15) is 0 Å². The number of hydrogen-bond acceptors (Lipinski definition) is 1. The monoisotopic (exact) mass is 198 g/mol. The molecule has 0 radical (unpaired) electrons. The second-order valence-electron chi connectivity index (χ2n) is 2.58. The Kier molecular flexibility index (Phi) is 2.76. The van der Waals surface area contributed by atoms with Crippen molar-refractivity contribution in [2.75, 3.05) is 19.6 Å². The average molecular weight is 198 g/mol. The Morgan fingerprint density at radius 1 is 1.50 bits per heavy atom. The van der Waals surface area contributed by atoms with Gasteiger partial charge in [-0.2, -0.15) is 13.2 Å². The Morgan fingerprint density at radius 3 is 2.58 bits per heavy atom. The van der Waals surface area contributed by atoms with E-state index in [2.05, 4.69) is 5.32 Å². The highest BCUT2D eigenvalue weighted by molar-refractivity contribution is 7.80. The van der Waals surface area contributed by atoms with Crippen molar-refractivity contribution in [1.82, 2.24) is 10.2 Å². The van der Waals surface area contributed by atoms with Gasteiger partial charge in [0.2, 0.25) is 0 Å². The Labute approximate surface area is 73.7 Å². The number of nitrogens with zero attached hydrogens (tertiary/aromatic N) is 1. The van der Waals surface area contributed by atoms with Crippen LogP contribution in [0.4, 0.5) is 13.2 Å². The van der Waals surface area contributed by atoms with E-state index in [0.29, 0.717) is 18.2 Å². The largest absolute Gasteiger partial charge is 0.390 e. The molecule has 1 saturated heterocycles. The van der Waals surface area contributed by atoms with E-state index in [-0.39, 0.29) is 6.54 Å². The fourth-order valence-corrected chi connectivity index (χ4v) is 1.27. The van der Waals surface area contributed by atoms with Crippen LogP contribution in [0.5, 0.6) is 0 Å². The minimum absolute atomic E-state index is 0.0324. The first kappa shape index (κ1) is 9.57. The molecule has 0 unspecified atom stereocenters. The smallest absolute Gasteiger partial charge is 0.361 e. The summed E-state index contributed by atoms with van der Waals surface area (Å²) >= 11 is 4.78. The van der Waals surface area contributed by atoms with Gasteiger partial charge in [0, 0.05) is 19.6 Å². The zero-order chi connectivity index (χ0) is 9.19. The number of thiocarbonyl (C=S) groups is 1. The van der Waals surface area contributed by atoms with E-state index in [1.807, 2.05) is 0 Å². The quantitative estimate of drug-likeness (QED) is 0.669. The maximum atomic E-state index is 11.7. The van der Waals surface area contributed by atoms with Gasteiger partial charge < -0.3 is 10.2 Å². The predicted octanol–water partition coefficient (Wildman–Crippen LogP) is 1.13. The molecule has 1 N–H and O–H groups in total. The number of rotatable bonds is 2. The fraction of sp³-hybridized carbons (Fsp3) is 0.833. The van der Waals surface area contributed by atoms with Crippen LogP contribution in [0.1, 0.15) is 6.42 Å². The van der Waals surface area contributed by atoms with E-state index in [1.165, 1.54) is 4.90 Å². The minimum atomic E-state index is -4.09. The standard InChI is InChI=1S/C6H9F3N2S/c7-6(8,9)1-3-11-4-2-10-5(11)12/h1-4H2,(H,10,12). The van der Waals surface area contributed by atoms with E-state index in [4.69, 9.17) is 12.2 Å². The van der Waals surface area contributed by atoms with Crippen molar-refractivity contribution in [2.45, 2.75) is 12.6 Å². The molecule has 70 valence electrons. The predicted molar refractivity (Wildman–Crippen MR) is 42.8 cm³/mol. The highest BCUT2D eigenvalue weighted by Crippen LogP contribution is 2.20. The lowest BCUT2D eigenvalue weighted by atomic mass is 10.4. The third-order valence-corrected chi connectivity index (χ3v) is 2.01. The minimum Gasteiger partial charge on any atom is -0.361 e. The lowest BCUT2D eigenvalue weighted by Gasteiger charge is -2.16. The number of alkyl halides is 3. The molecule has 1 aliphatic heterocycles. The van der Waals surface area contributed by atoms with Crippen molar-refractivity contribution in [3.8, 4) is 0 Å². The molecule has 1 fully saturated rings. The lowest BCUT2D eigenvalue weighted by molar-refractivity contribution is -0.135. The molecular weight excluding hydrogens is 189 g/mol. The molecular formula is C6H9F3N2S. The fourth-order valence-electron chi connectivity index (χ4n) is 0.986. The van der Waals surface area contributed by atoms with Gasteiger partial charge in [-0.05, 0) is 12.2 Å². The summed E-state index contributed by atoms with van der Waals surface area (Å²) in [4.78, 5) is 1.53. The van der Waals surface area contributed by atoms with Crippen LogP contribution in [-0.4, -0.2) is 35.8 Å². The Balaban J connectivity index is 2.27. The summed E-state index contributed by atoms with van der Waals surface area (Å²) in [6.45, 7) is 1.20. The first-order valence-corrected chi connectivity index (χ1v) is 3.99. The van der Waals surface area contributed by atoms with Gasteiger partial charge in [0.25, 0.3) is 0 Å². The van der Waals surface area contributed by atoms with Crippen LogP contribution in [0.15, 0.2) is 0 Å². The molecule has 0 saturated carbocycles. The maximum Gasteiger partial charge on any atom is 0.390 e. The molecule has 0 bridgehead atoms. The molecule has 0 aromatic heterocycles. The molecule has 0 atom stereocenters. The first-order chi connectivity index (χ1) is 5.49. The van der Waals surface area contributed by atoms with E-state index in [9.17, 15) is 13.2 Å². The van der Waals surface area contributed by atoms with Crippen LogP contribution >= 0.6 is 12.2 Å². The number of halogens is 3. The summed E-state index contributed by atoms with van der Waals surface area (Å²) in [5, 5.41) is 3.23. The van der Waals surface area contributed by atoms with Gasteiger partial charge in [-0.3, -0.25) is 0 Å². The van der Waals surface area contributed by atoms with Gasteiger partial charge in [-0.1, -0.05) is 0 Å². The summed E-state index contributed by atoms with van der Waals surface area (Å²) in [5.41, 5.74) is 0. The zero-order valence-corrected chi connectivity index (χ0v) is 7.13. The highest BCUT2D eigenvalue weighted by Gasteiger charge is 2.29. The Morgan fingerprint density at radius 2 is 2.17 bits per heavy atom. The molecule has 6 heteroatoms. The topological polar surface area (TPSA) is 15.3 Å². The SMILES string of the molecule is FC(F)(F)CCN1CCNC1=S. The Hall–Kier alpha value is -0.520. The van der Waals surface area contributed by atoms with E-state index < -0.39 is 12.6 Å². The van der Waals surface area contributed by atoms with Gasteiger partial charge in [0.05, 0.1) is 6.42 Å². The molecule has 2 nitrogen and oxygen atoms in total. The van der Waals surface area contributed by atoms with Crippen LogP contribution in [0, 0.1) is 0 Å². The van der Waals surface area contributed by atoms with E-state index in [0.717, 1.165) is 0 Å². The summed E-state index contributed by atoms with van der Waals surface area (Å²) < 4.78 is 35.2.